The fourth-order valence-corrected chi connectivity index (χ4v) is 2.99. The Bertz CT molecular complexity index is 1130. The number of carbonyl (C=O) groups is 1. The van der Waals surface area contributed by atoms with Gasteiger partial charge in [-0.25, -0.2) is 4.39 Å². The van der Waals surface area contributed by atoms with Crippen LogP contribution in [0.25, 0.3) is 5.65 Å². The highest BCUT2D eigenvalue weighted by atomic mass is 19.1. The van der Waals surface area contributed by atoms with Crippen LogP contribution in [-0.2, 0) is 24.3 Å². The van der Waals surface area contributed by atoms with Crippen molar-refractivity contribution < 1.29 is 9.18 Å². The normalized spacial score (nSPS) is 10.8. The fourth-order valence-electron chi connectivity index (χ4n) is 2.99. The molecule has 30 heavy (non-hydrogen) atoms. The Hall–Kier alpha value is -3.81. The van der Waals surface area contributed by atoms with Crippen molar-refractivity contribution in [2.75, 3.05) is 5.32 Å². The number of anilines is 1. The van der Waals surface area contributed by atoms with E-state index in [0.717, 1.165) is 11.1 Å². The van der Waals surface area contributed by atoms with Gasteiger partial charge in [0.1, 0.15) is 11.6 Å². The molecule has 2 aromatic carbocycles. The number of halogens is 1. The first-order valence-electron chi connectivity index (χ1n) is 9.68. The molecule has 0 aliphatic carbocycles. The zero-order valence-corrected chi connectivity index (χ0v) is 16.3. The molecule has 2 N–H and O–H groups in total. The monoisotopic (exact) mass is 404 g/mol. The van der Waals surface area contributed by atoms with Crippen molar-refractivity contribution in [1.82, 2.24) is 25.1 Å². The van der Waals surface area contributed by atoms with Gasteiger partial charge in [0.15, 0.2) is 11.5 Å². The van der Waals surface area contributed by atoms with Gasteiger partial charge >= 0.3 is 0 Å². The van der Waals surface area contributed by atoms with Crippen LogP contribution in [0.2, 0.25) is 0 Å². The molecule has 4 aromatic rings. The van der Waals surface area contributed by atoms with Gasteiger partial charge in [0.2, 0.25) is 5.91 Å². The van der Waals surface area contributed by atoms with Crippen molar-refractivity contribution in [2.45, 2.75) is 25.9 Å². The zero-order chi connectivity index (χ0) is 20.8. The number of nitrogens with zero attached hydrogens (tertiary/aromatic N) is 4. The Labute approximate surface area is 173 Å². The third-order valence-corrected chi connectivity index (χ3v) is 4.62. The molecule has 0 atom stereocenters. The summed E-state index contributed by atoms with van der Waals surface area (Å²) < 4.78 is 14.6. The molecule has 2 heterocycles. The minimum Gasteiger partial charge on any atom is -0.365 e. The summed E-state index contributed by atoms with van der Waals surface area (Å²) in [6, 6.07) is 19.8. The third kappa shape index (κ3) is 4.96. The molecule has 0 saturated heterocycles. The van der Waals surface area contributed by atoms with Crippen LogP contribution < -0.4 is 10.6 Å². The highest BCUT2D eigenvalue weighted by Gasteiger charge is 2.10. The Kier molecular flexibility index (Phi) is 5.93. The quantitative estimate of drug-likeness (QED) is 0.471. The summed E-state index contributed by atoms with van der Waals surface area (Å²) in [5.41, 5.74) is 2.62. The first-order valence-corrected chi connectivity index (χ1v) is 9.68. The highest BCUT2D eigenvalue weighted by molar-refractivity contribution is 5.76. The lowest BCUT2D eigenvalue weighted by molar-refractivity contribution is -0.121. The van der Waals surface area contributed by atoms with Gasteiger partial charge in [-0.3, -0.25) is 4.79 Å². The lowest BCUT2D eigenvalue weighted by Crippen LogP contribution is -2.23. The lowest BCUT2D eigenvalue weighted by atomic mass is 10.2. The Balaban J connectivity index is 1.34. The highest BCUT2D eigenvalue weighted by Crippen LogP contribution is 2.10. The van der Waals surface area contributed by atoms with E-state index in [1.54, 1.807) is 16.6 Å². The minimum atomic E-state index is -0.297. The molecule has 0 unspecified atom stereocenters. The Morgan fingerprint density at radius 1 is 0.900 bits per heavy atom. The van der Waals surface area contributed by atoms with Gasteiger partial charge in [0.05, 0.1) is 0 Å². The van der Waals surface area contributed by atoms with Gasteiger partial charge in [0.25, 0.3) is 0 Å². The number of aromatic nitrogens is 4. The second-order valence-electron chi connectivity index (χ2n) is 6.85. The van der Waals surface area contributed by atoms with E-state index >= 15 is 0 Å². The summed E-state index contributed by atoms with van der Waals surface area (Å²) in [5, 5.41) is 18.9. The van der Waals surface area contributed by atoms with Crippen LogP contribution in [0, 0.1) is 5.82 Å². The maximum Gasteiger partial charge on any atom is 0.220 e. The van der Waals surface area contributed by atoms with Crippen molar-refractivity contribution in [3.8, 4) is 0 Å². The molecule has 2 aromatic heterocycles. The van der Waals surface area contributed by atoms with Crippen LogP contribution in [0.15, 0.2) is 66.7 Å². The SMILES string of the molecule is O=C(CCc1nnc2ccc(NCc3ccccc3)nn12)NCc1ccc(F)cc1. The number of hydrogen-bond donors (Lipinski definition) is 2. The van der Waals surface area contributed by atoms with Gasteiger partial charge in [-0.1, -0.05) is 42.5 Å². The van der Waals surface area contributed by atoms with Crippen LogP contribution >= 0.6 is 0 Å². The molecule has 0 saturated carbocycles. The van der Waals surface area contributed by atoms with Crippen molar-refractivity contribution in [3.05, 3.63) is 89.5 Å². The van der Waals surface area contributed by atoms with E-state index in [1.807, 2.05) is 42.5 Å². The molecule has 0 radical (unpaired) electrons. The van der Waals surface area contributed by atoms with Gasteiger partial charge in [-0.15, -0.1) is 15.3 Å². The van der Waals surface area contributed by atoms with Gasteiger partial charge in [0, 0.05) is 25.9 Å². The lowest BCUT2D eigenvalue weighted by Gasteiger charge is -2.07. The first kappa shape index (κ1) is 19.5. The first-order chi connectivity index (χ1) is 14.7. The summed E-state index contributed by atoms with van der Waals surface area (Å²) >= 11 is 0. The van der Waals surface area contributed by atoms with Crippen LogP contribution in [0.1, 0.15) is 23.4 Å². The second kappa shape index (κ2) is 9.13. The van der Waals surface area contributed by atoms with E-state index < -0.39 is 0 Å². The number of benzene rings is 2. The average molecular weight is 404 g/mol. The standard InChI is InChI=1S/C22H21FN6O/c23-18-8-6-17(7-9-18)15-25-22(30)13-12-21-27-26-20-11-10-19(28-29(20)21)24-14-16-4-2-1-3-5-16/h1-11H,12-15H2,(H,24,28)(H,25,30). The van der Waals surface area contributed by atoms with E-state index in [-0.39, 0.29) is 18.1 Å². The summed E-state index contributed by atoms with van der Waals surface area (Å²) in [6.45, 7) is 1.01. The Morgan fingerprint density at radius 3 is 2.47 bits per heavy atom. The molecule has 152 valence electrons. The van der Waals surface area contributed by atoms with Gasteiger partial charge < -0.3 is 10.6 Å². The Morgan fingerprint density at radius 2 is 1.67 bits per heavy atom. The van der Waals surface area contributed by atoms with Crippen molar-refractivity contribution >= 4 is 17.4 Å². The van der Waals surface area contributed by atoms with Crippen LogP contribution in [0.5, 0.6) is 0 Å². The molecule has 0 aliphatic rings. The molecular formula is C22H21FN6O. The van der Waals surface area contributed by atoms with E-state index in [9.17, 15) is 9.18 Å². The van der Waals surface area contributed by atoms with E-state index in [0.29, 0.717) is 36.8 Å². The van der Waals surface area contributed by atoms with E-state index in [4.69, 9.17) is 0 Å². The maximum absolute atomic E-state index is 12.9. The molecule has 0 bridgehead atoms. The van der Waals surface area contributed by atoms with E-state index in [2.05, 4.69) is 25.9 Å². The summed E-state index contributed by atoms with van der Waals surface area (Å²) in [5.74, 6) is 0.904. The fraction of sp³-hybridized carbons (Fsp3) is 0.182. The summed E-state index contributed by atoms with van der Waals surface area (Å²) in [6.07, 6.45) is 0.664. The number of nitrogens with one attached hydrogen (secondary N) is 2. The smallest absolute Gasteiger partial charge is 0.220 e. The number of carbonyl (C=O) groups excluding carboxylic acids is 1. The van der Waals surface area contributed by atoms with Gasteiger partial charge in [-0.05, 0) is 35.4 Å². The average Bonchev–Trinajstić information content (AvgIpc) is 3.19. The third-order valence-electron chi connectivity index (χ3n) is 4.62. The van der Waals surface area contributed by atoms with Gasteiger partial charge in [-0.2, -0.15) is 4.52 Å². The number of aryl methyl sites for hydroxylation is 1. The maximum atomic E-state index is 12.9. The predicted octanol–water partition coefficient (Wildman–Crippen LogP) is 3.12. The van der Waals surface area contributed by atoms with Crippen LogP contribution in [0.4, 0.5) is 10.2 Å². The van der Waals surface area contributed by atoms with Crippen molar-refractivity contribution in [2.24, 2.45) is 0 Å². The number of hydrogen-bond acceptors (Lipinski definition) is 5. The molecule has 1 amide bonds. The number of fused-ring (bicyclic) bond motifs is 1. The molecule has 4 rings (SSSR count). The van der Waals surface area contributed by atoms with E-state index in [1.165, 1.54) is 12.1 Å². The molecule has 7 nitrogen and oxygen atoms in total. The zero-order valence-electron chi connectivity index (χ0n) is 16.3. The topological polar surface area (TPSA) is 84.2 Å². The molecular weight excluding hydrogens is 383 g/mol. The molecule has 0 fully saturated rings. The predicted molar refractivity (Wildman–Crippen MR) is 111 cm³/mol. The molecule has 0 aliphatic heterocycles. The van der Waals surface area contributed by atoms with Crippen molar-refractivity contribution in [1.29, 1.82) is 0 Å². The largest absolute Gasteiger partial charge is 0.365 e. The van der Waals surface area contributed by atoms with Crippen molar-refractivity contribution in [3.63, 3.8) is 0 Å². The summed E-state index contributed by atoms with van der Waals surface area (Å²) in [7, 11) is 0. The molecule has 8 heteroatoms. The summed E-state index contributed by atoms with van der Waals surface area (Å²) in [4.78, 5) is 12.2. The van der Waals surface area contributed by atoms with Crippen LogP contribution in [-0.4, -0.2) is 25.7 Å². The number of rotatable bonds is 8. The second-order valence-corrected chi connectivity index (χ2v) is 6.85. The minimum absolute atomic E-state index is 0.116. The van der Waals surface area contributed by atoms with Crippen LogP contribution in [0.3, 0.4) is 0 Å². The number of amides is 1. The molecule has 0 spiro atoms.